The van der Waals surface area contributed by atoms with E-state index in [0.29, 0.717) is 29.7 Å². The molecule has 1 atom stereocenters. The van der Waals surface area contributed by atoms with E-state index in [1.807, 2.05) is 25.1 Å². The van der Waals surface area contributed by atoms with E-state index < -0.39 is 0 Å². The van der Waals surface area contributed by atoms with Gasteiger partial charge in [-0.3, -0.25) is 4.90 Å². The van der Waals surface area contributed by atoms with Crippen LogP contribution in [0, 0.1) is 11.3 Å². The third-order valence-electron chi connectivity index (χ3n) is 2.78. The second-order valence-corrected chi connectivity index (χ2v) is 4.78. The third kappa shape index (κ3) is 2.53. The average molecular weight is 267 g/mol. The fourth-order valence-electron chi connectivity index (χ4n) is 1.90. The minimum atomic E-state index is -0.348. The summed E-state index contributed by atoms with van der Waals surface area (Å²) in [6, 6.07) is 5.49. The molecule has 5 heteroatoms. The van der Waals surface area contributed by atoms with E-state index in [2.05, 4.69) is 6.07 Å². The minimum absolute atomic E-state index is 0.348. The van der Waals surface area contributed by atoms with E-state index in [9.17, 15) is 5.26 Å². The molecule has 1 heterocycles. The maximum absolute atomic E-state index is 9.19. The van der Waals surface area contributed by atoms with E-state index >= 15 is 0 Å². The lowest BCUT2D eigenvalue weighted by Crippen LogP contribution is -2.18. The minimum Gasteiger partial charge on any atom is -0.489 e. The number of benzene rings is 1. The molecule has 4 nitrogen and oxygen atoms in total. The quantitative estimate of drug-likeness (QED) is 0.826. The van der Waals surface area contributed by atoms with E-state index in [1.54, 1.807) is 6.07 Å². The molecule has 1 aromatic carbocycles. The molecule has 96 valence electrons. The van der Waals surface area contributed by atoms with Crippen molar-refractivity contribution in [1.82, 2.24) is 4.90 Å². The van der Waals surface area contributed by atoms with Crippen LogP contribution in [0.4, 0.5) is 0 Å². The van der Waals surface area contributed by atoms with Gasteiger partial charge in [0.05, 0.1) is 24.3 Å². The van der Waals surface area contributed by atoms with Gasteiger partial charge in [-0.05, 0) is 31.8 Å². The predicted molar refractivity (Wildman–Crippen MR) is 69.1 cm³/mol. The van der Waals surface area contributed by atoms with Crippen LogP contribution in [0.5, 0.6) is 11.5 Å². The Kier molecular flexibility index (Phi) is 3.95. The van der Waals surface area contributed by atoms with Gasteiger partial charge in [-0.15, -0.1) is 0 Å². The molecule has 0 aromatic heterocycles. The summed E-state index contributed by atoms with van der Waals surface area (Å²) in [5.74, 6) is 1.20. The number of nitriles is 1. The van der Waals surface area contributed by atoms with Gasteiger partial charge >= 0.3 is 0 Å². The van der Waals surface area contributed by atoms with Crippen molar-refractivity contribution in [3.8, 4) is 17.6 Å². The standard InChI is InChI=1S/C13H15ClN2O2/c1-16(2)11(8-15)9-6-10(14)13-12(7-9)17-4-3-5-18-13/h6-7,11H,3-5H2,1-2H3. The van der Waals surface area contributed by atoms with Gasteiger partial charge in [0, 0.05) is 6.42 Å². The summed E-state index contributed by atoms with van der Waals surface area (Å²) in [4.78, 5) is 1.83. The SMILES string of the molecule is CN(C)C(C#N)c1cc(Cl)c2c(c1)OCCCO2. The van der Waals surface area contributed by atoms with Gasteiger partial charge in [-0.1, -0.05) is 11.6 Å². The summed E-state index contributed by atoms with van der Waals surface area (Å²) in [6.07, 6.45) is 0.829. The first kappa shape index (κ1) is 13.0. The zero-order valence-corrected chi connectivity index (χ0v) is 11.2. The molecule has 1 unspecified atom stereocenters. The van der Waals surface area contributed by atoms with Crippen LogP contribution in [0.1, 0.15) is 18.0 Å². The lowest BCUT2D eigenvalue weighted by Gasteiger charge is -2.19. The largest absolute Gasteiger partial charge is 0.489 e. The van der Waals surface area contributed by atoms with Crippen LogP contribution in [0.2, 0.25) is 5.02 Å². The Morgan fingerprint density at radius 2 is 2.06 bits per heavy atom. The Morgan fingerprint density at radius 1 is 1.33 bits per heavy atom. The molecule has 0 saturated carbocycles. The first-order chi connectivity index (χ1) is 8.63. The molecule has 1 aliphatic rings. The van der Waals surface area contributed by atoms with Gasteiger partial charge in [-0.2, -0.15) is 5.26 Å². The van der Waals surface area contributed by atoms with Gasteiger partial charge in [0.15, 0.2) is 11.5 Å². The van der Waals surface area contributed by atoms with Crippen molar-refractivity contribution in [2.45, 2.75) is 12.5 Å². The van der Waals surface area contributed by atoms with Crippen LogP contribution in [-0.4, -0.2) is 32.2 Å². The Morgan fingerprint density at radius 3 is 2.72 bits per heavy atom. The van der Waals surface area contributed by atoms with Crippen molar-refractivity contribution in [2.75, 3.05) is 27.3 Å². The third-order valence-corrected chi connectivity index (χ3v) is 3.06. The van der Waals surface area contributed by atoms with Crippen LogP contribution in [0.3, 0.4) is 0 Å². The molecule has 1 aromatic rings. The molecular weight excluding hydrogens is 252 g/mol. The van der Waals surface area contributed by atoms with Gasteiger partial charge in [-0.25, -0.2) is 0 Å². The first-order valence-corrected chi connectivity index (χ1v) is 6.16. The number of rotatable bonds is 2. The number of halogens is 1. The molecular formula is C13H15ClN2O2. The number of hydrogen-bond acceptors (Lipinski definition) is 4. The number of hydrogen-bond donors (Lipinski definition) is 0. The van der Waals surface area contributed by atoms with E-state index in [-0.39, 0.29) is 6.04 Å². The molecule has 0 aliphatic carbocycles. The van der Waals surface area contributed by atoms with Crippen molar-refractivity contribution < 1.29 is 9.47 Å². The summed E-state index contributed by atoms with van der Waals surface area (Å²) < 4.78 is 11.2. The molecule has 0 fully saturated rings. The smallest absolute Gasteiger partial charge is 0.179 e. The van der Waals surface area contributed by atoms with Gasteiger partial charge in [0.1, 0.15) is 6.04 Å². The van der Waals surface area contributed by atoms with Crippen molar-refractivity contribution in [1.29, 1.82) is 5.26 Å². The monoisotopic (exact) mass is 266 g/mol. The highest BCUT2D eigenvalue weighted by Crippen LogP contribution is 2.39. The Bertz CT molecular complexity index is 483. The van der Waals surface area contributed by atoms with Gasteiger partial charge < -0.3 is 9.47 Å². The molecule has 0 amide bonds. The normalized spacial score (nSPS) is 15.9. The Labute approximate surface area is 112 Å². The lowest BCUT2D eigenvalue weighted by molar-refractivity contribution is 0.296. The summed E-state index contributed by atoms with van der Waals surface area (Å²) in [5, 5.41) is 9.69. The Balaban J connectivity index is 2.43. The number of ether oxygens (including phenoxy) is 2. The lowest BCUT2D eigenvalue weighted by atomic mass is 10.1. The van der Waals surface area contributed by atoms with Crippen LogP contribution in [-0.2, 0) is 0 Å². The zero-order valence-electron chi connectivity index (χ0n) is 10.4. The molecule has 2 rings (SSSR count). The van der Waals surface area contributed by atoms with Crippen LogP contribution < -0.4 is 9.47 Å². The van der Waals surface area contributed by atoms with E-state index in [0.717, 1.165) is 12.0 Å². The van der Waals surface area contributed by atoms with Crippen LogP contribution >= 0.6 is 11.6 Å². The van der Waals surface area contributed by atoms with Crippen LogP contribution in [0.15, 0.2) is 12.1 Å². The fraction of sp³-hybridized carbons (Fsp3) is 0.462. The highest BCUT2D eigenvalue weighted by atomic mass is 35.5. The Hall–Kier alpha value is -1.44. The predicted octanol–water partition coefficient (Wildman–Crippen LogP) is 2.63. The second-order valence-electron chi connectivity index (χ2n) is 4.38. The van der Waals surface area contributed by atoms with E-state index in [4.69, 9.17) is 21.1 Å². The summed E-state index contributed by atoms with van der Waals surface area (Å²) >= 11 is 6.19. The first-order valence-electron chi connectivity index (χ1n) is 5.78. The number of nitrogens with zero attached hydrogens (tertiary/aromatic N) is 2. The summed E-state index contributed by atoms with van der Waals surface area (Å²) in [6.45, 7) is 1.20. The fourth-order valence-corrected chi connectivity index (χ4v) is 2.17. The molecule has 1 aliphatic heterocycles. The van der Waals surface area contributed by atoms with Crippen LogP contribution in [0.25, 0.3) is 0 Å². The highest BCUT2D eigenvalue weighted by molar-refractivity contribution is 6.32. The maximum Gasteiger partial charge on any atom is 0.179 e. The van der Waals surface area contributed by atoms with Crippen molar-refractivity contribution in [3.63, 3.8) is 0 Å². The zero-order chi connectivity index (χ0) is 13.1. The van der Waals surface area contributed by atoms with Gasteiger partial charge in [0.25, 0.3) is 0 Å². The van der Waals surface area contributed by atoms with Crippen molar-refractivity contribution >= 4 is 11.6 Å². The van der Waals surface area contributed by atoms with Crippen molar-refractivity contribution in [2.24, 2.45) is 0 Å². The van der Waals surface area contributed by atoms with E-state index in [1.165, 1.54) is 0 Å². The molecule has 0 bridgehead atoms. The number of fused-ring (bicyclic) bond motifs is 1. The molecule has 18 heavy (non-hydrogen) atoms. The molecule has 0 radical (unpaired) electrons. The second kappa shape index (κ2) is 5.47. The average Bonchev–Trinajstić information content (AvgIpc) is 2.55. The summed E-state index contributed by atoms with van der Waals surface area (Å²) in [5.41, 5.74) is 0.816. The maximum atomic E-state index is 9.19. The molecule has 0 spiro atoms. The van der Waals surface area contributed by atoms with Gasteiger partial charge in [0.2, 0.25) is 0 Å². The molecule has 0 saturated heterocycles. The molecule has 0 N–H and O–H groups in total. The highest BCUT2D eigenvalue weighted by Gasteiger charge is 2.20. The topological polar surface area (TPSA) is 45.5 Å². The van der Waals surface area contributed by atoms with Crippen molar-refractivity contribution in [3.05, 3.63) is 22.7 Å². The summed E-state index contributed by atoms with van der Waals surface area (Å²) in [7, 11) is 3.70.